The highest BCUT2D eigenvalue weighted by Crippen LogP contribution is 2.19. The fourth-order valence-corrected chi connectivity index (χ4v) is 2.82. The maximum absolute atomic E-state index is 12.3. The van der Waals surface area contributed by atoms with E-state index in [1.165, 1.54) is 7.05 Å². The Bertz CT molecular complexity index is 894. The van der Waals surface area contributed by atoms with Crippen LogP contribution in [0.1, 0.15) is 21.5 Å². The molecule has 140 valence electrons. The summed E-state index contributed by atoms with van der Waals surface area (Å²) in [4.78, 5) is 12.3. The molecule has 1 amide bonds. The number of anilines is 1. The standard InChI is InChI=1S/C19H24N2O4S/c1-14-8-9-15(2)18(12-14)25-11-10-20-19(22)16-6-5-7-17(13-16)21(3)26(4,23)24/h5-9,12-13H,10-11H2,1-4H3,(H,20,22). The van der Waals surface area contributed by atoms with Crippen molar-refractivity contribution in [2.75, 3.05) is 30.8 Å². The van der Waals surface area contributed by atoms with E-state index in [0.29, 0.717) is 24.4 Å². The molecule has 0 heterocycles. The number of carbonyl (C=O) groups is 1. The van der Waals surface area contributed by atoms with Crippen LogP contribution in [0.15, 0.2) is 42.5 Å². The van der Waals surface area contributed by atoms with E-state index < -0.39 is 10.0 Å². The highest BCUT2D eigenvalue weighted by molar-refractivity contribution is 7.92. The Hall–Kier alpha value is -2.54. The van der Waals surface area contributed by atoms with Crippen LogP contribution >= 0.6 is 0 Å². The van der Waals surface area contributed by atoms with Gasteiger partial charge in [0.15, 0.2) is 0 Å². The Morgan fingerprint density at radius 3 is 2.58 bits per heavy atom. The Labute approximate surface area is 154 Å². The number of sulfonamides is 1. The molecule has 0 radical (unpaired) electrons. The molecule has 2 aromatic carbocycles. The molecule has 2 rings (SSSR count). The van der Waals surface area contributed by atoms with Crippen molar-refractivity contribution in [3.63, 3.8) is 0 Å². The first-order valence-corrected chi connectivity index (χ1v) is 10.1. The van der Waals surface area contributed by atoms with E-state index >= 15 is 0 Å². The fraction of sp³-hybridized carbons (Fsp3) is 0.316. The van der Waals surface area contributed by atoms with E-state index in [1.54, 1.807) is 24.3 Å². The second-order valence-electron chi connectivity index (χ2n) is 6.15. The average Bonchev–Trinajstić information content (AvgIpc) is 2.60. The summed E-state index contributed by atoms with van der Waals surface area (Å²) in [6.07, 6.45) is 1.12. The third-order valence-corrected chi connectivity index (χ3v) is 5.16. The summed E-state index contributed by atoms with van der Waals surface area (Å²) < 4.78 is 30.1. The summed E-state index contributed by atoms with van der Waals surface area (Å²) in [7, 11) is -1.93. The van der Waals surface area contributed by atoms with Crippen LogP contribution in [0.2, 0.25) is 0 Å². The maximum atomic E-state index is 12.3. The van der Waals surface area contributed by atoms with Gasteiger partial charge in [0, 0.05) is 12.6 Å². The van der Waals surface area contributed by atoms with Gasteiger partial charge in [0.1, 0.15) is 12.4 Å². The molecule has 7 heteroatoms. The van der Waals surface area contributed by atoms with E-state index in [4.69, 9.17) is 4.74 Å². The molecule has 6 nitrogen and oxygen atoms in total. The first-order chi connectivity index (χ1) is 12.2. The number of carbonyl (C=O) groups excluding carboxylic acids is 1. The molecule has 0 bridgehead atoms. The number of amides is 1. The number of nitrogens with one attached hydrogen (secondary N) is 1. The molecule has 0 fully saturated rings. The molecule has 0 spiro atoms. The minimum Gasteiger partial charge on any atom is -0.491 e. The number of hydrogen-bond acceptors (Lipinski definition) is 4. The van der Waals surface area contributed by atoms with Gasteiger partial charge < -0.3 is 10.1 Å². The average molecular weight is 376 g/mol. The third-order valence-electron chi connectivity index (χ3n) is 3.96. The topological polar surface area (TPSA) is 75.7 Å². The minimum absolute atomic E-state index is 0.279. The van der Waals surface area contributed by atoms with Crippen LogP contribution in [0.5, 0.6) is 5.75 Å². The number of benzene rings is 2. The molecule has 1 N–H and O–H groups in total. The lowest BCUT2D eigenvalue weighted by atomic mass is 10.1. The summed E-state index contributed by atoms with van der Waals surface area (Å²) in [5.74, 6) is 0.523. The first-order valence-electron chi connectivity index (χ1n) is 8.20. The van der Waals surface area contributed by atoms with Crippen molar-refractivity contribution in [3.8, 4) is 5.75 Å². The highest BCUT2D eigenvalue weighted by Gasteiger charge is 2.14. The fourth-order valence-electron chi connectivity index (χ4n) is 2.32. The monoisotopic (exact) mass is 376 g/mol. The van der Waals surface area contributed by atoms with Crippen LogP contribution in [-0.2, 0) is 10.0 Å². The number of nitrogens with zero attached hydrogens (tertiary/aromatic N) is 1. The van der Waals surface area contributed by atoms with E-state index in [2.05, 4.69) is 5.32 Å². The predicted molar refractivity (Wildman–Crippen MR) is 103 cm³/mol. The quantitative estimate of drug-likeness (QED) is 0.754. The summed E-state index contributed by atoms with van der Waals surface area (Å²) in [5.41, 5.74) is 2.98. The van der Waals surface area contributed by atoms with E-state index in [9.17, 15) is 13.2 Å². The van der Waals surface area contributed by atoms with Gasteiger partial charge >= 0.3 is 0 Å². The lowest BCUT2D eigenvalue weighted by molar-refractivity contribution is 0.0947. The van der Waals surface area contributed by atoms with Crippen molar-refractivity contribution in [2.24, 2.45) is 0 Å². The number of ether oxygens (including phenoxy) is 1. The van der Waals surface area contributed by atoms with Crippen LogP contribution in [0.4, 0.5) is 5.69 Å². The predicted octanol–water partition coefficient (Wildman–Crippen LogP) is 2.51. The zero-order valence-electron chi connectivity index (χ0n) is 15.4. The summed E-state index contributed by atoms with van der Waals surface area (Å²) in [6.45, 7) is 4.66. The van der Waals surface area contributed by atoms with Gasteiger partial charge in [-0.1, -0.05) is 18.2 Å². The summed E-state index contributed by atoms with van der Waals surface area (Å²) in [5, 5.41) is 2.78. The van der Waals surface area contributed by atoms with Gasteiger partial charge in [0.05, 0.1) is 18.5 Å². The molecular weight excluding hydrogens is 352 g/mol. The molecule has 0 aliphatic rings. The molecule has 0 saturated heterocycles. The Morgan fingerprint density at radius 2 is 1.88 bits per heavy atom. The molecule has 0 atom stereocenters. The van der Waals surface area contributed by atoms with Gasteiger partial charge in [-0.3, -0.25) is 9.10 Å². The van der Waals surface area contributed by atoms with E-state index in [1.807, 2.05) is 32.0 Å². The molecule has 0 aliphatic heterocycles. The SMILES string of the molecule is Cc1ccc(C)c(OCCNC(=O)c2cccc(N(C)S(C)(=O)=O)c2)c1. The van der Waals surface area contributed by atoms with Gasteiger partial charge in [0.2, 0.25) is 10.0 Å². The van der Waals surface area contributed by atoms with Crippen LogP contribution in [0, 0.1) is 13.8 Å². The maximum Gasteiger partial charge on any atom is 0.251 e. The first kappa shape index (κ1) is 19.8. The Balaban J connectivity index is 1.93. The second-order valence-corrected chi connectivity index (χ2v) is 8.17. The number of hydrogen-bond donors (Lipinski definition) is 1. The molecule has 0 unspecified atom stereocenters. The summed E-state index contributed by atoms with van der Waals surface area (Å²) in [6, 6.07) is 12.4. The molecule has 0 aromatic heterocycles. The minimum atomic E-state index is -3.38. The third kappa shape index (κ3) is 5.23. The Kier molecular flexibility index (Phi) is 6.26. The van der Waals surface area contributed by atoms with Crippen molar-refractivity contribution in [1.29, 1.82) is 0 Å². The Morgan fingerprint density at radius 1 is 1.15 bits per heavy atom. The zero-order valence-corrected chi connectivity index (χ0v) is 16.3. The smallest absolute Gasteiger partial charge is 0.251 e. The number of aryl methyl sites for hydroxylation is 2. The highest BCUT2D eigenvalue weighted by atomic mass is 32.2. The summed E-state index contributed by atoms with van der Waals surface area (Å²) >= 11 is 0. The lowest BCUT2D eigenvalue weighted by Crippen LogP contribution is -2.29. The molecule has 26 heavy (non-hydrogen) atoms. The van der Waals surface area contributed by atoms with Crippen molar-refractivity contribution in [3.05, 3.63) is 59.2 Å². The molecule has 0 saturated carbocycles. The van der Waals surface area contributed by atoms with Crippen molar-refractivity contribution in [2.45, 2.75) is 13.8 Å². The van der Waals surface area contributed by atoms with Gasteiger partial charge in [-0.2, -0.15) is 0 Å². The largest absolute Gasteiger partial charge is 0.491 e. The van der Waals surface area contributed by atoms with Crippen LogP contribution in [0.3, 0.4) is 0 Å². The van der Waals surface area contributed by atoms with Gasteiger partial charge in [0.25, 0.3) is 5.91 Å². The van der Waals surface area contributed by atoms with Crippen molar-refractivity contribution < 1.29 is 17.9 Å². The van der Waals surface area contributed by atoms with Crippen LogP contribution in [0.25, 0.3) is 0 Å². The number of rotatable bonds is 7. The van der Waals surface area contributed by atoms with E-state index in [0.717, 1.165) is 27.4 Å². The van der Waals surface area contributed by atoms with Gasteiger partial charge in [-0.05, 0) is 49.2 Å². The zero-order chi connectivity index (χ0) is 19.3. The van der Waals surface area contributed by atoms with Crippen LogP contribution in [-0.4, -0.2) is 40.8 Å². The molecule has 2 aromatic rings. The lowest BCUT2D eigenvalue weighted by Gasteiger charge is -2.17. The molecular formula is C19H24N2O4S. The van der Waals surface area contributed by atoms with E-state index in [-0.39, 0.29) is 5.91 Å². The molecule has 0 aliphatic carbocycles. The second kappa shape index (κ2) is 8.23. The van der Waals surface area contributed by atoms with Crippen molar-refractivity contribution in [1.82, 2.24) is 5.32 Å². The normalized spacial score (nSPS) is 11.1. The van der Waals surface area contributed by atoms with Gasteiger partial charge in [-0.25, -0.2) is 8.42 Å². The van der Waals surface area contributed by atoms with Crippen LogP contribution < -0.4 is 14.4 Å². The van der Waals surface area contributed by atoms with Crippen molar-refractivity contribution >= 4 is 21.6 Å². The van der Waals surface area contributed by atoms with Gasteiger partial charge in [-0.15, -0.1) is 0 Å².